The molecule has 15 heavy (non-hydrogen) atoms. The van der Waals surface area contributed by atoms with Crippen molar-refractivity contribution in [2.75, 3.05) is 11.9 Å². The summed E-state index contributed by atoms with van der Waals surface area (Å²) in [6.45, 7) is 8.51. The van der Waals surface area contributed by atoms with Crippen molar-refractivity contribution in [2.24, 2.45) is 0 Å². The number of carbonyl (C=O) groups is 1. The third-order valence-corrected chi connectivity index (χ3v) is 1.85. The lowest BCUT2D eigenvalue weighted by molar-refractivity contribution is 0.251. The highest BCUT2D eigenvalue weighted by molar-refractivity contribution is 5.87. The first-order valence-electron chi connectivity index (χ1n) is 4.95. The molecule has 0 aromatic carbocycles. The van der Waals surface area contributed by atoms with Gasteiger partial charge in [0.1, 0.15) is 0 Å². The van der Waals surface area contributed by atoms with Crippen LogP contribution in [0.5, 0.6) is 0 Å². The first-order chi connectivity index (χ1) is 6.93. The Morgan fingerprint density at radius 2 is 2.20 bits per heavy atom. The molecule has 84 valence electrons. The van der Waals surface area contributed by atoms with Crippen LogP contribution in [0.2, 0.25) is 0 Å². The Hall–Kier alpha value is -1.52. The lowest BCUT2D eigenvalue weighted by Gasteiger charge is -2.12. The number of hydrogen-bond donors (Lipinski definition) is 2. The zero-order chi connectivity index (χ0) is 11.5. The summed E-state index contributed by atoms with van der Waals surface area (Å²) in [5.41, 5.74) is 0.735. The second kappa shape index (κ2) is 4.33. The van der Waals surface area contributed by atoms with Crippen molar-refractivity contribution < 1.29 is 9.32 Å². The number of urea groups is 1. The molecule has 0 saturated carbocycles. The molecular formula is C10H17N3O2. The summed E-state index contributed by atoms with van der Waals surface area (Å²) in [5.74, 6) is 0.367. The topological polar surface area (TPSA) is 67.2 Å². The number of hydrogen-bond acceptors (Lipinski definition) is 3. The number of rotatable bonds is 2. The van der Waals surface area contributed by atoms with Gasteiger partial charge < -0.3 is 9.84 Å². The molecule has 1 aromatic rings. The molecule has 0 saturated heterocycles. The van der Waals surface area contributed by atoms with Gasteiger partial charge in [-0.15, -0.1) is 0 Å². The highest BCUT2D eigenvalue weighted by Crippen LogP contribution is 2.23. The van der Waals surface area contributed by atoms with Crippen molar-refractivity contribution in [3.05, 3.63) is 11.8 Å². The molecule has 5 heteroatoms. The highest BCUT2D eigenvalue weighted by atomic mass is 16.5. The largest absolute Gasteiger partial charge is 0.338 e. The van der Waals surface area contributed by atoms with Gasteiger partial charge in [-0.1, -0.05) is 25.9 Å². The molecule has 2 N–H and O–H groups in total. The average molecular weight is 211 g/mol. The van der Waals surface area contributed by atoms with Crippen LogP contribution in [0.3, 0.4) is 0 Å². The molecule has 0 spiro atoms. The lowest BCUT2D eigenvalue weighted by atomic mass is 9.92. The van der Waals surface area contributed by atoms with E-state index in [4.69, 9.17) is 4.52 Å². The summed E-state index contributed by atoms with van der Waals surface area (Å²) in [6, 6.07) is 1.45. The minimum atomic E-state index is -0.283. The summed E-state index contributed by atoms with van der Waals surface area (Å²) in [4.78, 5) is 11.2. The summed E-state index contributed by atoms with van der Waals surface area (Å²) >= 11 is 0. The maximum Gasteiger partial charge on any atom is 0.321 e. The van der Waals surface area contributed by atoms with Crippen LogP contribution in [0.15, 0.2) is 10.6 Å². The number of carbonyl (C=O) groups excluding carboxylic acids is 1. The smallest absolute Gasteiger partial charge is 0.321 e. The number of nitrogens with one attached hydrogen (secondary N) is 2. The van der Waals surface area contributed by atoms with E-state index in [9.17, 15) is 4.79 Å². The molecule has 0 aliphatic rings. The van der Waals surface area contributed by atoms with Crippen molar-refractivity contribution in [1.82, 2.24) is 10.5 Å². The van der Waals surface area contributed by atoms with E-state index in [0.717, 1.165) is 5.69 Å². The number of anilines is 1. The van der Waals surface area contributed by atoms with Gasteiger partial charge in [0.2, 0.25) is 5.88 Å². The van der Waals surface area contributed by atoms with E-state index < -0.39 is 0 Å². The van der Waals surface area contributed by atoms with Gasteiger partial charge in [-0.05, 0) is 6.92 Å². The van der Waals surface area contributed by atoms with Gasteiger partial charge in [0.05, 0.1) is 5.69 Å². The van der Waals surface area contributed by atoms with Crippen LogP contribution in [0.25, 0.3) is 0 Å². The van der Waals surface area contributed by atoms with E-state index in [0.29, 0.717) is 12.4 Å². The van der Waals surface area contributed by atoms with Gasteiger partial charge in [0.25, 0.3) is 0 Å². The molecule has 5 nitrogen and oxygen atoms in total. The first-order valence-corrected chi connectivity index (χ1v) is 4.95. The molecule has 1 rings (SSSR count). The predicted octanol–water partition coefficient (Wildman–Crippen LogP) is 2.11. The summed E-state index contributed by atoms with van der Waals surface area (Å²) < 4.78 is 4.99. The Morgan fingerprint density at radius 1 is 1.53 bits per heavy atom. The van der Waals surface area contributed by atoms with Gasteiger partial charge in [-0.2, -0.15) is 0 Å². The van der Waals surface area contributed by atoms with Gasteiger partial charge in [0, 0.05) is 18.0 Å². The van der Waals surface area contributed by atoms with Crippen LogP contribution in [0, 0.1) is 0 Å². The Balaban J connectivity index is 2.65. The molecule has 0 aliphatic heterocycles. The monoisotopic (exact) mass is 211 g/mol. The third-order valence-electron chi connectivity index (χ3n) is 1.85. The van der Waals surface area contributed by atoms with E-state index in [-0.39, 0.29) is 11.4 Å². The fraction of sp³-hybridized carbons (Fsp3) is 0.600. The van der Waals surface area contributed by atoms with Gasteiger partial charge in [-0.25, -0.2) is 4.79 Å². The molecule has 1 aromatic heterocycles. The van der Waals surface area contributed by atoms with Crippen molar-refractivity contribution in [1.29, 1.82) is 0 Å². The van der Waals surface area contributed by atoms with Crippen LogP contribution in [0.4, 0.5) is 10.7 Å². The van der Waals surface area contributed by atoms with E-state index >= 15 is 0 Å². The molecule has 0 bridgehead atoms. The molecule has 0 unspecified atom stereocenters. The SMILES string of the molecule is CCNC(=O)Nc1cc(C(C)(C)C)no1. The maximum absolute atomic E-state index is 11.2. The minimum absolute atomic E-state index is 0.0787. The van der Waals surface area contributed by atoms with E-state index in [1.807, 2.05) is 27.7 Å². The van der Waals surface area contributed by atoms with Gasteiger partial charge in [-0.3, -0.25) is 5.32 Å². The zero-order valence-electron chi connectivity index (χ0n) is 9.55. The number of aromatic nitrogens is 1. The first kappa shape index (κ1) is 11.6. The highest BCUT2D eigenvalue weighted by Gasteiger charge is 2.19. The predicted molar refractivity (Wildman–Crippen MR) is 57.9 cm³/mol. The van der Waals surface area contributed by atoms with Crippen LogP contribution in [-0.2, 0) is 5.41 Å². The van der Waals surface area contributed by atoms with E-state index in [1.54, 1.807) is 6.07 Å². The molecule has 2 amide bonds. The van der Waals surface area contributed by atoms with Crippen molar-refractivity contribution in [3.8, 4) is 0 Å². The van der Waals surface area contributed by atoms with Crippen LogP contribution < -0.4 is 10.6 Å². The summed E-state index contributed by atoms with van der Waals surface area (Å²) in [5, 5.41) is 9.04. The number of amides is 2. The molecular weight excluding hydrogens is 194 g/mol. The maximum atomic E-state index is 11.2. The second-order valence-corrected chi connectivity index (χ2v) is 4.31. The molecule has 0 aliphatic carbocycles. The fourth-order valence-corrected chi connectivity index (χ4v) is 1.00. The van der Waals surface area contributed by atoms with Crippen LogP contribution in [-0.4, -0.2) is 17.7 Å². The number of nitrogens with zero attached hydrogens (tertiary/aromatic N) is 1. The third kappa shape index (κ3) is 3.27. The Kier molecular flexibility index (Phi) is 3.34. The van der Waals surface area contributed by atoms with Crippen molar-refractivity contribution in [3.63, 3.8) is 0 Å². The standard InChI is InChI=1S/C10H17N3O2/c1-5-11-9(14)12-8-6-7(13-15-8)10(2,3)4/h6H,5H2,1-4H3,(H2,11,12,14). The molecule has 1 heterocycles. The average Bonchev–Trinajstić information content (AvgIpc) is 2.52. The molecule has 0 fully saturated rings. The quantitative estimate of drug-likeness (QED) is 0.787. The van der Waals surface area contributed by atoms with E-state index in [1.165, 1.54) is 0 Å². The lowest BCUT2D eigenvalue weighted by Crippen LogP contribution is -2.27. The normalized spacial score (nSPS) is 11.2. The fourth-order valence-electron chi connectivity index (χ4n) is 1.00. The van der Waals surface area contributed by atoms with Crippen molar-refractivity contribution in [2.45, 2.75) is 33.1 Å². The van der Waals surface area contributed by atoms with Crippen molar-refractivity contribution >= 4 is 11.9 Å². The van der Waals surface area contributed by atoms with Crippen LogP contribution in [0.1, 0.15) is 33.4 Å². The Morgan fingerprint density at radius 3 is 2.67 bits per heavy atom. The van der Waals surface area contributed by atoms with E-state index in [2.05, 4.69) is 15.8 Å². The second-order valence-electron chi connectivity index (χ2n) is 4.31. The van der Waals surface area contributed by atoms with Crippen LogP contribution >= 0.6 is 0 Å². The minimum Gasteiger partial charge on any atom is -0.338 e. The molecule has 0 atom stereocenters. The summed E-state index contributed by atoms with van der Waals surface area (Å²) in [7, 11) is 0. The summed E-state index contributed by atoms with van der Waals surface area (Å²) in [6.07, 6.45) is 0. The Bertz CT molecular complexity index is 339. The van der Waals surface area contributed by atoms with Gasteiger partial charge >= 0.3 is 6.03 Å². The molecule has 0 radical (unpaired) electrons. The Labute approximate surface area is 89.2 Å². The zero-order valence-corrected chi connectivity index (χ0v) is 9.55. The van der Waals surface area contributed by atoms with Gasteiger partial charge in [0.15, 0.2) is 0 Å².